The summed E-state index contributed by atoms with van der Waals surface area (Å²) < 4.78 is 0. The number of rotatable bonds is 4. The van der Waals surface area contributed by atoms with Crippen LogP contribution in [0.3, 0.4) is 0 Å². The molecular weight excluding hydrogens is 240 g/mol. The van der Waals surface area contributed by atoms with Crippen LogP contribution in [0.25, 0.3) is 0 Å². The monoisotopic (exact) mass is 258 g/mol. The van der Waals surface area contributed by atoms with E-state index in [4.69, 9.17) is 10.4 Å². The smallest absolute Gasteiger partial charge is 0.304 e. The molecule has 0 aromatic heterocycles. The van der Waals surface area contributed by atoms with E-state index in [1.807, 2.05) is 18.2 Å². The summed E-state index contributed by atoms with van der Waals surface area (Å²) >= 11 is 0. The average Bonchev–Trinajstić information content (AvgIpc) is 2.85. The summed E-state index contributed by atoms with van der Waals surface area (Å²) in [4.78, 5) is 13.1. The lowest BCUT2D eigenvalue weighted by Crippen LogP contribution is -2.33. The van der Waals surface area contributed by atoms with Gasteiger partial charge in [-0.15, -0.1) is 0 Å². The summed E-state index contributed by atoms with van der Waals surface area (Å²) in [5, 5.41) is 17.9. The molecule has 0 amide bonds. The standard InChI is InChI=1S/C15H18N2O2/c1-11(13-5-2-4-12(8-13)10-16)17-7-3-6-14(17)9-15(18)19/h2,4-5,8,11,14H,3,6-7,9H2,1H3,(H,18,19). The summed E-state index contributed by atoms with van der Waals surface area (Å²) in [6.45, 7) is 3.01. The van der Waals surface area contributed by atoms with Crippen molar-refractivity contribution in [3.8, 4) is 6.07 Å². The van der Waals surface area contributed by atoms with E-state index in [0.717, 1.165) is 24.9 Å². The van der Waals surface area contributed by atoms with Crippen molar-refractivity contribution in [3.05, 3.63) is 35.4 Å². The Kier molecular flexibility index (Phi) is 4.18. The second-order valence-corrected chi connectivity index (χ2v) is 5.04. The Morgan fingerprint density at radius 3 is 3.11 bits per heavy atom. The van der Waals surface area contributed by atoms with Crippen molar-refractivity contribution in [1.82, 2.24) is 4.90 Å². The molecule has 2 atom stereocenters. The van der Waals surface area contributed by atoms with E-state index in [2.05, 4.69) is 17.9 Å². The van der Waals surface area contributed by atoms with Gasteiger partial charge in [-0.25, -0.2) is 0 Å². The molecule has 0 spiro atoms. The first-order valence-corrected chi connectivity index (χ1v) is 6.59. The number of benzene rings is 1. The van der Waals surface area contributed by atoms with Gasteiger partial charge in [-0.3, -0.25) is 9.69 Å². The van der Waals surface area contributed by atoms with Crippen LogP contribution in [0.2, 0.25) is 0 Å². The maximum Gasteiger partial charge on any atom is 0.304 e. The van der Waals surface area contributed by atoms with E-state index in [1.54, 1.807) is 6.07 Å². The molecule has 1 aromatic carbocycles. The molecule has 1 aromatic rings. The van der Waals surface area contributed by atoms with E-state index in [1.165, 1.54) is 0 Å². The minimum Gasteiger partial charge on any atom is -0.481 e. The molecule has 0 aliphatic carbocycles. The van der Waals surface area contributed by atoms with E-state index >= 15 is 0 Å². The zero-order valence-corrected chi connectivity index (χ0v) is 11.0. The third-order valence-corrected chi connectivity index (χ3v) is 3.83. The molecule has 1 heterocycles. The van der Waals surface area contributed by atoms with Gasteiger partial charge in [-0.1, -0.05) is 12.1 Å². The molecule has 1 fully saturated rings. The summed E-state index contributed by atoms with van der Waals surface area (Å²) in [6.07, 6.45) is 2.18. The van der Waals surface area contributed by atoms with Crippen molar-refractivity contribution >= 4 is 5.97 Å². The fourth-order valence-corrected chi connectivity index (χ4v) is 2.85. The van der Waals surface area contributed by atoms with Crippen molar-refractivity contribution < 1.29 is 9.90 Å². The Bertz CT molecular complexity index is 507. The Morgan fingerprint density at radius 2 is 2.42 bits per heavy atom. The lowest BCUT2D eigenvalue weighted by molar-refractivity contribution is -0.138. The van der Waals surface area contributed by atoms with Gasteiger partial charge in [0.25, 0.3) is 0 Å². The van der Waals surface area contributed by atoms with Gasteiger partial charge in [0.05, 0.1) is 18.1 Å². The van der Waals surface area contributed by atoms with Crippen molar-refractivity contribution in [2.24, 2.45) is 0 Å². The first-order valence-electron chi connectivity index (χ1n) is 6.59. The van der Waals surface area contributed by atoms with E-state index in [9.17, 15) is 4.79 Å². The predicted octanol–water partition coefficient (Wildman–Crippen LogP) is 2.56. The van der Waals surface area contributed by atoms with Gasteiger partial charge in [-0.05, 0) is 44.0 Å². The zero-order chi connectivity index (χ0) is 13.8. The maximum atomic E-state index is 10.9. The topological polar surface area (TPSA) is 64.3 Å². The normalized spacial score (nSPS) is 20.9. The highest BCUT2D eigenvalue weighted by Gasteiger charge is 2.30. The van der Waals surface area contributed by atoms with Gasteiger partial charge < -0.3 is 5.11 Å². The number of hydrogen-bond acceptors (Lipinski definition) is 3. The van der Waals surface area contributed by atoms with Crippen LogP contribution in [0, 0.1) is 11.3 Å². The second-order valence-electron chi connectivity index (χ2n) is 5.04. The van der Waals surface area contributed by atoms with Crippen LogP contribution in [-0.4, -0.2) is 28.6 Å². The average molecular weight is 258 g/mol. The predicted molar refractivity (Wildman–Crippen MR) is 71.6 cm³/mol. The number of aliphatic carboxylic acids is 1. The van der Waals surface area contributed by atoms with Gasteiger partial charge in [0.15, 0.2) is 0 Å². The SMILES string of the molecule is CC(c1cccc(C#N)c1)N1CCCC1CC(=O)O. The minimum atomic E-state index is -0.741. The summed E-state index contributed by atoms with van der Waals surface area (Å²) in [5.74, 6) is -0.741. The number of carbonyl (C=O) groups is 1. The van der Waals surface area contributed by atoms with Gasteiger partial charge in [0.1, 0.15) is 0 Å². The molecule has 0 bridgehead atoms. The van der Waals surface area contributed by atoms with Crippen LogP contribution in [0.4, 0.5) is 0 Å². The highest BCUT2D eigenvalue weighted by atomic mass is 16.4. The molecule has 1 aliphatic heterocycles. The Labute approximate surface area is 113 Å². The van der Waals surface area contributed by atoms with Crippen LogP contribution in [-0.2, 0) is 4.79 Å². The number of nitrogens with zero attached hydrogens (tertiary/aromatic N) is 2. The highest BCUT2D eigenvalue weighted by molar-refractivity contribution is 5.67. The molecule has 0 saturated carbocycles. The lowest BCUT2D eigenvalue weighted by atomic mass is 10.0. The minimum absolute atomic E-state index is 0.109. The third kappa shape index (κ3) is 3.12. The molecular formula is C15H18N2O2. The molecule has 100 valence electrons. The second kappa shape index (κ2) is 5.85. The first-order chi connectivity index (χ1) is 9.11. The first kappa shape index (κ1) is 13.6. The number of carboxylic acid groups (broad SMARTS) is 1. The lowest BCUT2D eigenvalue weighted by Gasteiger charge is -2.30. The molecule has 1 aliphatic rings. The van der Waals surface area contributed by atoms with Crippen LogP contribution in [0.5, 0.6) is 0 Å². The molecule has 2 rings (SSSR count). The van der Waals surface area contributed by atoms with E-state index in [0.29, 0.717) is 5.56 Å². The molecule has 0 radical (unpaired) electrons. The number of likely N-dealkylation sites (tertiary alicyclic amines) is 1. The van der Waals surface area contributed by atoms with E-state index in [-0.39, 0.29) is 18.5 Å². The van der Waals surface area contributed by atoms with Gasteiger partial charge >= 0.3 is 5.97 Å². The Hall–Kier alpha value is -1.86. The van der Waals surface area contributed by atoms with Crippen molar-refractivity contribution in [2.45, 2.75) is 38.3 Å². The fourth-order valence-electron chi connectivity index (χ4n) is 2.85. The number of carboxylic acids is 1. The van der Waals surface area contributed by atoms with Crippen molar-refractivity contribution in [3.63, 3.8) is 0 Å². The maximum absolute atomic E-state index is 10.9. The fraction of sp³-hybridized carbons (Fsp3) is 0.467. The molecule has 4 nitrogen and oxygen atoms in total. The van der Waals surface area contributed by atoms with Gasteiger partial charge in [0.2, 0.25) is 0 Å². The van der Waals surface area contributed by atoms with Crippen LogP contribution >= 0.6 is 0 Å². The van der Waals surface area contributed by atoms with Crippen molar-refractivity contribution in [2.75, 3.05) is 6.54 Å². The van der Waals surface area contributed by atoms with Gasteiger partial charge in [-0.2, -0.15) is 5.26 Å². The summed E-state index contributed by atoms with van der Waals surface area (Å²) in [6, 6.07) is 9.97. The van der Waals surface area contributed by atoms with E-state index < -0.39 is 5.97 Å². The molecule has 2 unspecified atom stereocenters. The third-order valence-electron chi connectivity index (χ3n) is 3.83. The van der Waals surface area contributed by atoms with Gasteiger partial charge in [0, 0.05) is 12.1 Å². The molecule has 1 N–H and O–H groups in total. The molecule has 19 heavy (non-hydrogen) atoms. The highest BCUT2D eigenvalue weighted by Crippen LogP contribution is 2.30. The quantitative estimate of drug-likeness (QED) is 0.901. The number of hydrogen-bond donors (Lipinski definition) is 1. The van der Waals surface area contributed by atoms with Crippen LogP contribution in [0.15, 0.2) is 24.3 Å². The van der Waals surface area contributed by atoms with Crippen LogP contribution < -0.4 is 0 Å². The Balaban J connectivity index is 2.15. The number of nitriles is 1. The Morgan fingerprint density at radius 1 is 1.63 bits per heavy atom. The summed E-state index contributed by atoms with van der Waals surface area (Å²) in [5.41, 5.74) is 1.73. The van der Waals surface area contributed by atoms with Crippen molar-refractivity contribution in [1.29, 1.82) is 5.26 Å². The van der Waals surface area contributed by atoms with Crippen LogP contribution in [0.1, 0.15) is 43.4 Å². The summed E-state index contributed by atoms with van der Waals surface area (Å²) in [7, 11) is 0. The largest absolute Gasteiger partial charge is 0.481 e. The molecule has 1 saturated heterocycles. The molecule has 4 heteroatoms. The zero-order valence-electron chi connectivity index (χ0n) is 11.0.